The number of aliphatic carboxylic acids is 4. The average Bonchev–Trinajstić information content (AvgIpc) is 3.17. The molecule has 3 aromatic rings. The minimum Gasteiger partial charge on any atom is -0.508 e. The Morgan fingerprint density at radius 3 is 1.65 bits per heavy atom. The molecule has 2 fully saturated rings. The number of phenols is 2. The molecule has 3 heterocycles. The summed E-state index contributed by atoms with van der Waals surface area (Å²) < 4.78 is 23.9. The molecular weight excluding hydrogens is 1080 g/mol. The molecule has 1 unspecified atom stereocenters. The summed E-state index contributed by atoms with van der Waals surface area (Å²) in [6.07, 6.45) is 2.61. The molecule has 0 bridgehead atoms. The molecule has 8 N–H and O–H groups in total. The number of carboxylic acids is 4. The van der Waals surface area contributed by atoms with Crippen LogP contribution in [0.2, 0.25) is 0 Å². The lowest BCUT2D eigenvalue weighted by atomic mass is 9.90. The summed E-state index contributed by atoms with van der Waals surface area (Å²) in [6, 6.07) is 9.62. The zero-order chi connectivity index (χ0) is 60.3. The predicted molar refractivity (Wildman–Crippen MR) is 301 cm³/mol. The Balaban J connectivity index is 0.907. The van der Waals surface area contributed by atoms with Crippen LogP contribution in [0.5, 0.6) is 11.5 Å². The molecule has 3 amide bonds. The van der Waals surface area contributed by atoms with Gasteiger partial charge in [0, 0.05) is 96.7 Å². The van der Waals surface area contributed by atoms with E-state index in [4.69, 9.17) is 18.9 Å². The summed E-state index contributed by atoms with van der Waals surface area (Å²) in [5, 5.41) is 73.9. The third kappa shape index (κ3) is 23.0. The van der Waals surface area contributed by atoms with Crippen molar-refractivity contribution in [3.05, 3.63) is 53.3 Å². The van der Waals surface area contributed by atoms with Crippen molar-refractivity contribution in [2.24, 2.45) is 5.92 Å². The molecule has 1 atom stereocenters. The number of phenolic OH excluding ortho intramolecular Hbond substituents is 2. The molecule has 5 rings (SSSR count). The number of amides is 3. The van der Waals surface area contributed by atoms with Crippen LogP contribution in [-0.2, 0) is 54.1 Å². The van der Waals surface area contributed by atoms with Crippen molar-refractivity contribution in [2.75, 3.05) is 151 Å². The van der Waals surface area contributed by atoms with Crippen LogP contribution in [0.4, 0.5) is 0 Å². The number of hydrogen-bond acceptors (Lipinski definition) is 19. The first-order valence-electron chi connectivity index (χ1n) is 28.4. The van der Waals surface area contributed by atoms with Crippen molar-refractivity contribution in [1.29, 1.82) is 0 Å². The SMILES string of the molecule is CCNC(=O)c1nnc(-c2cc(C(C)C)c(O)cc2O)n1-c1ccc(CC2CCN(C(=O)CCOCCOCCOCCOCCNC(=O)CCC(C(=O)O)N3CCN(CC(=O)O)CCN(CC(=O)O)CCN(CC(=O)O)CC3)CC2)cc1. The smallest absolute Gasteiger partial charge is 0.320 e. The predicted octanol–water partition coefficient (Wildman–Crippen LogP) is 1.28. The van der Waals surface area contributed by atoms with Gasteiger partial charge in [-0.05, 0) is 73.8 Å². The van der Waals surface area contributed by atoms with Crippen LogP contribution in [0.15, 0.2) is 36.4 Å². The van der Waals surface area contributed by atoms with Crippen molar-refractivity contribution in [2.45, 2.75) is 71.3 Å². The molecule has 2 aromatic carbocycles. The highest BCUT2D eigenvalue weighted by Crippen LogP contribution is 2.38. The standard InChI is InChI=1S/C56H84N10O17/c1-4-57-55(77)54-60-59-53(44-34-43(39(2)3)46(67)35-47(44)68)66(54)42-7-5-40(6-8-42)33-41-11-15-65(16-12-41)49(70)13-25-80-27-29-82-31-32-83-30-28-81-26-14-58-48(69)10-9-45(56(78)79)64-23-21-62(37-51(73)74)19-17-61(36-50(71)72)18-20-63(22-24-64)38-52(75)76/h5-8,34-35,39,41,45,67-68H,4,9-33,36-38H2,1-3H3,(H,57,77)(H,58,69)(H,71,72)(H,73,74)(H,75,76)(H,78,79). The van der Waals surface area contributed by atoms with Gasteiger partial charge in [0.05, 0.1) is 84.5 Å². The number of nitrogens with one attached hydrogen (secondary N) is 2. The van der Waals surface area contributed by atoms with Gasteiger partial charge in [-0.2, -0.15) is 0 Å². The van der Waals surface area contributed by atoms with Gasteiger partial charge in [-0.15, -0.1) is 10.2 Å². The quantitative estimate of drug-likeness (QED) is 0.0398. The van der Waals surface area contributed by atoms with E-state index in [9.17, 15) is 64.2 Å². The lowest BCUT2D eigenvalue weighted by molar-refractivity contribution is -0.145. The van der Waals surface area contributed by atoms with E-state index in [2.05, 4.69) is 20.8 Å². The van der Waals surface area contributed by atoms with E-state index < -0.39 is 35.8 Å². The summed E-state index contributed by atoms with van der Waals surface area (Å²) in [5.41, 5.74) is 2.69. The van der Waals surface area contributed by atoms with Crippen molar-refractivity contribution >= 4 is 41.6 Å². The van der Waals surface area contributed by atoms with Gasteiger partial charge in [-0.25, -0.2) is 0 Å². The largest absolute Gasteiger partial charge is 0.508 e. The molecule has 0 spiro atoms. The number of carbonyl (C=O) groups excluding carboxylic acids is 3. The zero-order valence-electron chi connectivity index (χ0n) is 48.0. The number of carbonyl (C=O) groups is 7. The van der Waals surface area contributed by atoms with Crippen LogP contribution in [0, 0.1) is 5.92 Å². The number of piperidine rings is 1. The number of hydrogen-bond donors (Lipinski definition) is 8. The minimum atomic E-state index is -1.18. The van der Waals surface area contributed by atoms with Gasteiger partial charge in [0.1, 0.15) is 17.5 Å². The number of benzene rings is 2. The van der Waals surface area contributed by atoms with Gasteiger partial charge in [0.2, 0.25) is 17.6 Å². The molecule has 0 radical (unpaired) electrons. The summed E-state index contributed by atoms with van der Waals surface area (Å²) in [6.45, 7) is 10.1. The van der Waals surface area contributed by atoms with Crippen molar-refractivity contribution in [1.82, 2.24) is 49.9 Å². The molecule has 2 aliphatic heterocycles. The third-order valence-corrected chi connectivity index (χ3v) is 14.4. The summed E-state index contributed by atoms with van der Waals surface area (Å²) in [5.74, 6) is -4.78. The Morgan fingerprint density at radius 2 is 1.14 bits per heavy atom. The first-order chi connectivity index (χ1) is 39.8. The highest BCUT2D eigenvalue weighted by molar-refractivity contribution is 5.92. The molecule has 460 valence electrons. The topological polar surface area (TPSA) is 349 Å². The lowest BCUT2D eigenvalue weighted by Crippen LogP contribution is -2.52. The maximum absolute atomic E-state index is 13.1. The third-order valence-electron chi connectivity index (χ3n) is 14.4. The normalized spacial score (nSPS) is 16.0. The van der Waals surface area contributed by atoms with Gasteiger partial charge >= 0.3 is 23.9 Å². The molecule has 27 heteroatoms. The van der Waals surface area contributed by atoms with E-state index in [-0.39, 0.29) is 165 Å². The summed E-state index contributed by atoms with van der Waals surface area (Å²) in [7, 11) is 0. The van der Waals surface area contributed by atoms with E-state index in [0.717, 1.165) is 24.8 Å². The summed E-state index contributed by atoms with van der Waals surface area (Å²) in [4.78, 5) is 94.4. The maximum atomic E-state index is 13.1. The van der Waals surface area contributed by atoms with Crippen LogP contribution >= 0.6 is 0 Å². The van der Waals surface area contributed by atoms with Crippen molar-refractivity contribution in [3.8, 4) is 28.6 Å². The van der Waals surface area contributed by atoms with Crippen LogP contribution in [-0.4, -0.2) is 269 Å². The maximum Gasteiger partial charge on any atom is 0.320 e. The fourth-order valence-electron chi connectivity index (χ4n) is 9.90. The highest BCUT2D eigenvalue weighted by atomic mass is 16.6. The molecule has 2 aliphatic rings. The van der Waals surface area contributed by atoms with Gasteiger partial charge in [-0.3, -0.25) is 57.7 Å². The van der Waals surface area contributed by atoms with Crippen LogP contribution in [0.1, 0.15) is 80.5 Å². The zero-order valence-corrected chi connectivity index (χ0v) is 48.0. The van der Waals surface area contributed by atoms with Gasteiger partial charge in [-0.1, -0.05) is 26.0 Å². The number of likely N-dealkylation sites (tertiary alicyclic amines) is 1. The fourth-order valence-corrected chi connectivity index (χ4v) is 9.90. The average molecular weight is 1170 g/mol. The van der Waals surface area contributed by atoms with Gasteiger partial charge < -0.3 is 65.1 Å². The first-order valence-corrected chi connectivity index (χ1v) is 28.4. The number of rotatable bonds is 33. The Labute approximate surface area is 483 Å². The molecule has 27 nitrogen and oxygen atoms in total. The Bertz CT molecular complexity index is 2530. The Morgan fingerprint density at radius 1 is 0.627 bits per heavy atom. The number of aromatic nitrogens is 3. The van der Waals surface area contributed by atoms with E-state index in [0.29, 0.717) is 68.8 Å². The van der Waals surface area contributed by atoms with Crippen LogP contribution in [0.3, 0.4) is 0 Å². The monoisotopic (exact) mass is 1170 g/mol. The molecular formula is C56H84N10O17. The molecule has 0 aliphatic carbocycles. The second-order valence-corrected chi connectivity index (χ2v) is 20.8. The van der Waals surface area contributed by atoms with Crippen molar-refractivity contribution in [3.63, 3.8) is 0 Å². The number of nitrogens with zero attached hydrogens (tertiary/aromatic N) is 8. The van der Waals surface area contributed by atoms with Gasteiger partial charge in [0.15, 0.2) is 5.82 Å². The van der Waals surface area contributed by atoms with Crippen LogP contribution in [0.25, 0.3) is 17.1 Å². The van der Waals surface area contributed by atoms with E-state index >= 15 is 0 Å². The summed E-state index contributed by atoms with van der Waals surface area (Å²) >= 11 is 0. The fraction of sp³-hybridized carbons (Fsp3) is 0.625. The number of ether oxygens (including phenoxy) is 4. The lowest BCUT2D eigenvalue weighted by Gasteiger charge is -2.35. The number of carboxylic acid groups (broad SMARTS) is 4. The molecule has 0 saturated carbocycles. The second-order valence-electron chi connectivity index (χ2n) is 20.8. The Kier molecular flexibility index (Phi) is 28.5. The highest BCUT2D eigenvalue weighted by Gasteiger charge is 2.30. The Hall–Kier alpha value is -6.85. The van der Waals surface area contributed by atoms with Crippen molar-refractivity contribution < 1.29 is 83.1 Å². The molecule has 83 heavy (non-hydrogen) atoms. The van der Waals surface area contributed by atoms with Gasteiger partial charge in [0.25, 0.3) is 5.91 Å². The second kappa shape index (κ2) is 35.3. The van der Waals surface area contributed by atoms with E-state index in [1.54, 1.807) is 30.2 Å². The molecule has 2 saturated heterocycles. The molecule has 1 aromatic heterocycles. The van der Waals surface area contributed by atoms with Crippen LogP contribution < -0.4 is 10.6 Å². The number of aromatic hydroxyl groups is 2. The first kappa shape index (κ1) is 66.9. The minimum absolute atomic E-state index is 0.0329. The van der Waals surface area contributed by atoms with E-state index in [1.807, 2.05) is 49.9 Å². The van der Waals surface area contributed by atoms with E-state index in [1.165, 1.54) is 6.07 Å².